The van der Waals surface area contributed by atoms with Crippen LogP contribution in [0.4, 0.5) is 0 Å². The van der Waals surface area contributed by atoms with Gasteiger partial charge in [-0.2, -0.15) is 5.26 Å². The van der Waals surface area contributed by atoms with Crippen molar-refractivity contribution in [1.29, 1.82) is 5.26 Å². The normalized spacial score (nSPS) is 13.3. The first-order valence-electron chi connectivity index (χ1n) is 10.4. The Hall–Kier alpha value is -4.44. The summed E-state index contributed by atoms with van der Waals surface area (Å²) in [7, 11) is 0. The van der Waals surface area contributed by atoms with Gasteiger partial charge in [-0.05, 0) is 36.4 Å². The van der Waals surface area contributed by atoms with Crippen LogP contribution in [0.1, 0.15) is 21.7 Å². The molecule has 0 bridgehead atoms. The van der Waals surface area contributed by atoms with Gasteiger partial charge < -0.3 is 9.47 Å². The highest BCUT2D eigenvalue weighted by Crippen LogP contribution is 2.24. The first-order valence-corrected chi connectivity index (χ1v) is 10.4. The maximum atomic E-state index is 13.2. The molecule has 0 saturated heterocycles. The lowest BCUT2D eigenvalue weighted by Gasteiger charge is -2.28. The number of fused-ring (bicyclic) bond motifs is 4. The zero-order chi connectivity index (χ0) is 21.7. The third-order valence-corrected chi connectivity index (χ3v) is 6.02. The Labute approximate surface area is 183 Å². The molecule has 1 aliphatic heterocycles. The summed E-state index contributed by atoms with van der Waals surface area (Å²) >= 11 is 0. The van der Waals surface area contributed by atoms with E-state index in [0.29, 0.717) is 29.9 Å². The Balaban J connectivity index is 1.29. The molecule has 5 aromatic rings. The number of hydrogen-bond donors (Lipinski definition) is 0. The Bertz CT molecular complexity index is 1540. The number of para-hydroxylation sites is 2. The molecule has 0 saturated carbocycles. The van der Waals surface area contributed by atoms with E-state index < -0.39 is 0 Å². The van der Waals surface area contributed by atoms with Crippen LogP contribution < -0.4 is 0 Å². The van der Waals surface area contributed by atoms with Gasteiger partial charge in [-0.15, -0.1) is 0 Å². The van der Waals surface area contributed by atoms with E-state index in [9.17, 15) is 4.79 Å². The number of benzene rings is 2. The topological polar surface area (TPSA) is 79.2 Å². The van der Waals surface area contributed by atoms with Crippen LogP contribution in [0.5, 0.6) is 0 Å². The van der Waals surface area contributed by atoms with Crippen molar-refractivity contribution < 1.29 is 4.79 Å². The molecule has 4 heterocycles. The quantitative estimate of drug-likeness (QED) is 0.436. The molecule has 0 radical (unpaired) electrons. The zero-order valence-corrected chi connectivity index (χ0v) is 17.1. The third kappa shape index (κ3) is 2.85. The Morgan fingerprint density at radius 1 is 1.03 bits per heavy atom. The first-order chi connectivity index (χ1) is 15.7. The van der Waals surface area contributed by atoms with E-state index in [-0.39, 0.29) is 5.91 Å². The lowest BCUT2D eigenvalue weighted by molar-refractivity contribution is 0.0709. The summed E-state index contributed by atoms with van der Waals surface area (Å²) in [6, 6.07) is 21.2. The van der Waals surface area contributed by atoms with Crippen LogP contribution in [0.3, 0.4) is 0 Å². The summed E-state index contributed by atoms with van der Waals surface area (Å²) in [4.78, 5) is 24.3. The second-order valence-electron chi connectivity index (χ2n) is 7.87. The van der Waals surface area contributed by atoms with E-state index in [2.05, 4.69) is 21.7 Å². The molecule has 32 heavy (non-hydrogen) atoms. The number of rotatable bonds is 2. The number of nitrogens with zero attached hydrogens (tertiary/aromatic N) is 6. The number of carbonyl (C=O) groups excluding carboxylic acids is 1. The number of nitriles is 1. The van der Waals surface area contributed by atoms with Gasteiger partial charge in [0, 0.05) is 30.4 Å². The molecule has 0 aliphatic carbocycles. The SMILES string of the molecule is N#Cc1ccc(-c2cnc3cc(C(=O)N4CCn5c(nc6ccccc65)C4)ccn23)cc1. The van der Waals surface area contributed by atoms with Crippen LogP contribution in [0, 0.1) is 11.3 Å². The van der Waals surface area contributed by atoms with Gasteiger partial charge in [0.15, 0.2) is 0 Å². The molecule has 1 aliphatic rings. The highest BCUT2D eigenvalue weighted by Gasteiger charge is 2.24. The van der Waals surface area contributed by atoms with Gasteiger partial charge >= 0.3 is 0 Å². The molecule has 2 aromatic carbocycles. The van der Waals surface area contributed by atoms with Crippen LogP contribution in [0.2, 0.25) is 0 Å². The van der Waals surface area contributed by atoms with Crippen LogP contribution >= 0.6 is 0 Å². The van der Waals surface area contributed by atoms with Crippen LogP contribution in [0.15, 0.2) is 73.1 Å². The van der Waals surface area contributed by atoms with Gasteiger partial charge in [0.25, 0.3) is 5.91 Å². The minimum absolute atomic E-state index is 0.0197. The predicted molar refractivity (Wildman–Crippen MR) is 120 cm³/mol. The number of imidazole rings is 2. The van der Waals surface area contributed by atoms with Gasteiger partial charge in [-0.1, -0.05) is 24.3 Å². The number of pyridine rings is 1. The molecular formula is C25H18N6O. The van der Waals surface area contributed by atoms with Crippen molar-refractivity contribution in [2.45, 2.75) is 13.1 Å². The zero-order valence-electron chi connectivity index (χ0n) is 17.1. The summed E-state index contributed by atoms with van der Waals surface area (Å²) in [6.45, 7) is 1.86. The van der Waals surface area contributed by atoms with Crippen molar-refractivity contribution in [2.75, 3.05) is 6.54 Å². The number of hydrogen-bond acceptors (Lipinski definition) is 4. The van der Waals surface area contributed by atoms with Crippen molar-refractivity contribution in [3.8, 4) is 17.3 Å². The fourth-order valence-electron chi connectivity index (χ4n) is 4.36. The van der Waals surface area contributed by atoms with Crippen molar-refractivity contribution in [2.24, 2.45) is 0 Å². The molecule has 3 aromatic heterocycles. The lowest BCUT2D eigenvalue weighted by Crippen LogP contribution is -2.38. The molecule has 0 unspecified atom stereocenters. The average Bonchev–Trinajstić information content (AvgIpc) is 3.44. The molecule has 0 fully saturated rings. The summed E-state index contributed by atoms with van der Waals surface area (Å²) in [5.41, 5.74) is 5.89. The first kappa shape index (κ1) is 18.3. The van der Waals surface area contributed by atoms with Crippen molar-refractivity contribution in [3.63, 3.8) is 0 Å². The number of carbonyl (C=O) groups is 1. The van der Waals surface area contributed by atoms with Crippen LogP contribution in [-0.2, 0) is 13.1 Å². The van der Waals surface area contributed by atoms with E-state index in [1.54, 1.807) is 18.3 Å². The Morgan fingerprint density at radius 2 is 1.88 bits per heavy atom. The lowest BCUT2D eigenvalue weighted by atomic mass is 10.1. The summed E-state index contributed by atoms with van der Waals surface area (Å²) in [5, 5.41) is 9.00. The molecule has 6 rings (SSSR count). The number of amides is 1. The monoisotopic (exact) mass is 418 g/mol. The highest BCUT2D eigenvalue weighted by atomic mass is 16.2. The van der Waals surface area contributed by atoms with E-state index in [0.717, 1.165) is 34.7 Å². The smallest absolute Gasteiger partial charge is 0.254 e. The second-order valence-corrected chi connectivity index (χ2v) is 7.87. The molecule has 1 amide bonds. The van der Waals surface area contributed by atoms with E-state index in [1.165, 1.54) is 0 Å². The highest BCUT2D eigenvalue weighted by molar-refractivity contribution is 5.95. The standard InChI is InChI=1S/C25H18N6O/c26-14-17-5-7-18(8-6-17)22-15-27-23-13-19(9-10-30(22)23)25(32)29-11-12-31-21-4-2-1-3-20(21)28-24(31)16-29/h1-10,13,15H,11-12,16H2. The van der Waals surface area contributed by atoms with Gasteiger partial charge in [0.2, 0.25) is 0 Å². The van der Waals surface area contributed by atoms with E-state index in [1.807, 2.05) is 58.0 Å². The minimum atomic E-state index is -0.0197. The van der Waals surface area contributed by atoms with Crippen molar-refractivity contribution in [1.82, 2.24) is 23.8 Å². The molecule has 154 valence electrons. The van der Waals surface area contributed by atoms with Crippen LogP contribution in [-0.4, -0.2) is 36.3 Å². The number of aromatic nitrogens is 4. The van der Waals surface area contributed by atoms with E-state index in [4.69, 9.17) is 10.2 Å². The Morgan fingerprint density at radius 3 is 2.72 bits per heavy atom. The largest absolute Gasteiger partial charge is 0.329 e. The molecule has 0 atom stereocenters. The summed E-state index contributed by atoms with van der Waals surface area (Å²) < 4.78 is 4.15. The fraction of sp³-hybridized carbons (Fsp3) is 0.120. The second kappa shape index (κ2) is 7.06. The van der Waals surface area contributed by atoms with Gasteiger partial charge in [0.1, 0.15) is 11.5 Å². The summed E-state index contributed by atoms with van der Waals surface area (Å²) in [6.07, 6.45) is 3.66. The van der Waals surface area contributed by atoms with Gasteiger partial charge in [0.05, 0.1) is 41.1 Å². The maximum absolute atomic E-state index is 13.2. The Kier molecular flexibility index (Phi) is 4.05. The molecule has 0 N–H and O–H groups in total. The average molecular weight is 418 g/mol. The van der Waals surface area contributed by atoms with Crippen molar-refractivity contribution in [3.05, 3.63) is 90.0 Å². The molecular weight excluding hydrogens is 400 g/mol. The van der Waals surface area contributed by atoms with E-state index >= 15 is 0 Å². The molecule has 7 nitrogen and oxygen atoms in total. The predicted octanol–water partition coefficient (Wildman–Crippen LogP) is 3.88. The van der Waals surface area contributed by atoms with Gasteiger partial charge in [-0.3, -0.25) is 9.20 Å². The fourth-order valence-corrected chi connectivity index (χ4v) is 4.36. The third-order valence-electron chi connectivity index (χ3n) is 6.02. The molecule has 7 heteroatoms. The molecule has 0 spiro atoms. The van der Waals surface area contributed by atoms with Gasteiger partial charge in [-0.25, -0.2) is 9.97 Å². The summed E-state index contributed by atoms with van der Waals surface area (Å²) in [5.74, 6) is 0.893. The minimum Gasteiger partial charge on any atom is -0.329 e. The maximum Gasteiger partial charge on any atom is 0.254 e. The van der Waals surface area contributed by atoms with Crippen molar-refractivity contribution >= 4 is 22.6 Å². The van der Waals surface area contributed by atoms with Crippen LogP contribution in [0.25, 0.3) is 27.9 Å².